The number of hydrogen-bond acceptors (Lipinski definition) is 4. The van der Waals surface area contributed by atoms with Gasteiger partial charge in [0.25, 0.3) is 0 Å². The number of rotatable bonds is 1. The lowest BCUT2D eigenvalue weighted by Gasteiger charge is -2.69. The van der Waals surface area contributed by atoms with E-state index in [2.05, 4.69) is 34.6 Å². The molecule has 3 fully saturated rings. The zero-order chi connectivity index (χ0) is 22.4. The molecular weight excluding hydrogens is 388 g/mol. The van der Waals surface area contributed by atoms with Crippen molar-refractivity contribution in [1.29, 1.82) is 0 Å². The zero-order valence-electron chi connectivity index (χ0n) is 20.2. The summed E-state index contributed by atoms with van der Waals surface area (Å²) in [6.45, 7) is 13.6. The molecule has 4 aliphatic rings. The molecule has 0 aromatic carbocycles. The lowest BCUT2D eigenvalue weighted by molar-refractivity contribution is -0.217. The van der Waals surface area contributed by atoms with Gasteiger partial charge < -0.3 is 14.3 Å². The maximum Gasteiger partial charge on any atom is 0.303 e. The van der Waals surface area contributed by atoms with E-state index in [-0.39, 0.29) is 28.8 Å². The van der Waals surface area contributed by atoms with Crippen molar-refractivity contribution < 1.29 is 19.1 Å². The lowest BCUT2D eigenvalue weighted by atomic mass is 9.35. The van der Waals surface area contributed by atoms with Gasteiger partial charge in [-0.2, -0.15) is 0 Å². The third-order valence-electron chi connectivity index (χ3n) is 10.8. The van der Waals surface area contributed by atoms with Gasteiger partial charge in [0.15, 0.2) is 0 Å². The molecule has 1 heterocycles. The average Bonchev–Trinajstić information content (AvgIpc) is 3.16. The molecule has 4 aliphatic carbocycles. The Hall–Kier alpha value is -1.29. The van der Waals surface area contributed by atoms with Crippen LogP contribution in [0.3, 0.4) is 0 Å². The molecule has 0 spiro atoms. The smallest absolute Gasteiger partial charge is 0.303 e. The first-order chi connectivity index (χ1) is 14.4. The normalized spacial score (nSPS) is 48.0. The Bertz CT molecular complexity index is 886. The van der Waals surface area contributed by atoms with E-state index in [9.17, 15) is 9.90 Å². The number of aliphatic hydroxyl groups is 1. The van der Waals surface area contributed by atoms with Crippen LogP contribution in [0.4, 0.5) is 0 Å². The number of aliphatic hydroxyl groups excluding tert-OH is 1. The van der Waals surface area contributed by atoms with Crippen LogP contribution in [-0.4, -0.2) is 17.2 Å². The van der Waals surface area contributed by atoms with Gasteiger partial charge in [0.05, 0.1) is 17.8 Å². The summed E-state index contributed by atoms with van der Waals surface area (Å²) in [5, 5.41) is 11.7. The molecule has 0 bridgehead atoms. The van der Waals surface area contributed by atoms with Gasteiger partial charge in [-0.1, -0.05) is 34.1 Å². The maximum absolute atomic E-state index is 11.9. The minimum atomic E-state index is -0.445. The van der Waals surface area contributed by atoms with Crippen LogP contribution in [0.25, 0.3) is 0 Å². The molecule has 3 saturated carbocycles. The minimum Gasteiger partial charge on any atom is -0.468 e. The third-order valence-corrected chi connectivity index (χ3v) is 10.8. The summed E-state index contributed by atoms with van der Waals surface area (Å²) >= 11 is 0. The Labute approximate surface area is 187 Å². The minimum absolute atomic E-state index is 0.0928. The standard InChI is InChI=1S/C27H40O4/c1-16(28)31-18-14-21-26(5)12-8-19-24(2,3)10-7-11-25(19,4)20(26)15-22(29)27(21,6)23-17(18)9-13-30-23/h9,13,18-22,29H,7-8,10-12,14-15H2,1-6H3/t18-,19?,20?,21?,22-,25+,26-,27-/m1/s1. The summed E-state index contributed by atoms with van der Waals surface area (Å²) in [4.78, 5) is 11.9. The fraction of sp³-hybridized carbons (Fsp3) is 0.815. The molecule has 1 N–H and O–H groups in total. The van der Waals surface area contributed by atoms with Crippen molar-refractivity contribution in [2.75, 3.05) is 0 Å². The van der Waals surface area contributed by atoms with E-state index < -0.39 is 11.5 Å². The number of esters is 1. The van der Waals surface area contributed by atoms with Crippen molar-refractivity contribution in [3.8, 4) is 0 Å². The van der Waals surface area contributed by atoms with E-state index in [0.717, 1.165) is 24.2 Å². The second-order valence-corrected chi connectivity index (χ2v) is 12.6. The van der Waals surface area contributed by atoms with Crippen LogP contribution >= 0.6 is 0 Å². The molecule has 4 heteroatoms. The predicted molar refractivity (Wildman–Crippen MR) is 119 cm³/mol. The number of ether oxygens (including phenoxy) is 1. The van der Waals surface area contributed by atoms with Gasteiger partial charge in [-0.15, -0.1) is 0 Å². The highest BCUT2D eigenvalue weighted by molar-refractivity contribution is 5.66. The van der Waals surface area contributed by atoms with Crippen LogP contribution in [0, 0.1) is 34.0 Å². The van der Waals surface area contributed by atoms with Crippen LogP contribution in [0.5, 0.6) is 0 Å². The van der Waals surface area contributed by atoms with Crippen molar-refractivity contribution in [3.63, 3.8) is 0 Å². The highest BCUT2D eigenvalue weighted by Gasteiger charge is 2.68. The van der Waals surface area contributed by atoms with Crippen molar-refractivity contribution in [3.05, 3.63) is 23.7 Å². The van der Waals surface area contributed by atoms with Crippen LogP contribution in [0.1, 0.15) is 104 Å². The van der Waals surface area contributed by atoms with Gasteiger partial charge >= 0.3 is 5.97 Å². The second-order valence-electron chi connectivity index (χ2n) is 12.6. The molecule has 3 unspecified atom stereocenters. The Balaban J connectivity index is 1.61. The van der Waals surface area contributed by atoms with Crippen LogP contribution in [-0.2, 0) is 14.9 Å². The largest absolute Gasteiger partial charge is 0.468 e. The molecule has 0 saturated heterocycles. The third kappa shape index (κ3) is 2.72. The van der Waals surface area contributed by atoms with Gasteiger partial charge in [0.2, 0.25) is 0 Å². The molecule has 8 atom stereocenters. The van der Waals surface area contributed by atoms with E-state index in [0.29, 0.717) is 17.3 Å². The summed E-state index contributed by atoms with van der Waals surface area (Å²) < 4.78 is 11.9. The van der Waals surface area contributed by atoms with Crippen molar-refractivity contribution in [2.45, 2.75) is 104 Å². The van der Waals surface area contributed by atoms with Crippen molar-refractivity contribution in [2.24, 2.45) is 34.0 Å². The monoisotopic (exact) mass is 428 g/mol. The first-order valence-corrected chi connectivity index (χ1v) is 12.4. The van der Waals surface area contributed by atoms with Gasteiger partial charge in [-0.3, -0.25) is 4.79 Å². The lowest BCUT2D eigenvalue weighted by Crippen LogP contribution is -2.66. The average molecular weight is 429 g/mol. The first kappa shape index (κ1) is 21.6. The molecule has 5 rings (SSSR count). The van der Waals surface area contributed by atoms with Gasteiger partial charge in [0, 0.05) is 12.5 Å². The SMILES string of the molecule is CC(=O)O[C@@H]1CC2[C@]3(C)CCC4C(C)(C)CCC[C@]4(C)C3C[C@@H](O)[C@]2(C)c2occc21. The summed E-state index contributed by atoms with van der Waals surface area (Å²) in [7, 11) is 0. The Morgan fingerprint density at radius 2 is 1.74 bits per heavy atom. The number of furan rings is 1. The predicted octanol–water partition coefficient (Wildman–Crippen LogP) is 6.17. The highest BCUT2D eigenvalue weighted by atomic mass is 16.5. The van der Waals surface area contributed by atoms with Crippen LogP contribution in [0.15, 0.2) is 16.7 Å². The molecule has 4 nitrogen and oxygen atoms in total. The molecule has 0 radical (unpaired) electrons. The second kappa shape index (κ2) is 6.62. The molecule has 1 aromatic rings. The number of hydrogen-bond donors (Lipinski definition) is 1. The summed E-state index contributed by atoms with van der Waals surface area (Å²) in [6, 6.07) is 1.94. The first-order valence-electron chi connectivity index (χ1n) is 12.4. The van der Waals surface area contributed by atoms with E-state index in [1.54, 1.807) is 6.26 Å². The Kier molecular flexibility index (Phi) is 4.60. The molecular formula is C27H40O4. The molecule has 172 valence electrons. The summed E-state index contributed by atoms with van der Waals surface area (Å²) in [5.41, 5.74) is 1.22. The fourth-order valence-electron chi connectivity index (χ4n) is 9.51. The van der Waals surface area contributed by atoms with Crippen LogP contribution in [0.2, 0.25) is 0 Å². The molecule has 31 heavy (non-hydrogen) atoms. The number of carbonyl (C=O) groups is 1. The fourth-order valence-corrected chi connectivity index (χ4v) is 9.51. The van der Waals surface area contributed by atoms with Gasteiger partial charge in [-0.05, 0) is 85.5 Å². The van der Waals surface area contributed by atoms with E-state index in [1.807, 2.05) is 6.07 Å². The summed E-state index contributed by atoms with van der Waals surface area (Å²) in [6.07, 6.45) is 8.88. The van der Waals surface area contributed by atoms with Gasteiger partial charge in [-0.25, -0.2) is 0 Å². The number of fused-ring (bicyclic) bond motifs is 7. The van der Waals surface area contributed by atoms with Gasteiger partial charge in [0.1, 0.15) is 11.9 Å². The topological polar surface area (TPSA) is 59.7 Å². The molecule has 0 aliphatic heterocycles. The number of carbonyl (C=O) groups excluding carboxylic acids is 1. The maximum atomic E-state index is 11.9. The van der Waals surface area contributed by atoms with E-state index in [4.69, 9.17) is 9.15 Å². The quantitative estimate of drug-likeness (QED) is 0.543. The Morgan fingerprint density at radius 1 is 1.03 bits per heavy atom. The molecule has 1 aromatic heterocycles. The van der Waals surface area contributed by atoms with Crippen molar-refractivity contribution in [1.82, 2.24) is 0 Å². The van der Waals surface area contributed by atoms with E-state index in [1.165, 1.54) is 39.0 Å². The molecule has 0 amide bonds. The zero-order valence-corrected chi connectivity index (χ0v) is 20.2. The summed E-state index contributed by atoms with van der Waals surface area (Å²) in [5.74, 6) is 2.00. The highest BCUT2D eigenvalue weighted by Crippen LogP contribution is 2.72. The Morgan fingerprint density at radius 3 is 2.45 bits per heavy atom. The van der Waals surface area contributed by atoms with Crippen LogP contribution < -0.4 is 0 Å². The van der Waals surface area contributed by atoms with Crippen molar-refractivity contribution >= 4 is 5.97 Å². The van der Waals surface area contributed by atoms with E-state index >= 15 is 0 Å².